The summed E-state index contributed by atoms with van der Waals surface area (Å²) in [5, 5.41) is 1.29. The largest absolute Gasteiger partial charge is 0.213 e. The van der Waals surface area contributed by atoms with Crippen LogP contribution in [0.5, 0.6) is 0 Å². The molecule has 0 atom stereocenters. The Bertz CT molecular complexity index is 1310. The fourth-order valence-corrected chi connectivity index (χ4v) is 5.47. The lowest BCUT2D eigenvalue weighted by Crippen LogP contribution is -2.39. The number of hydrogen-bond donors (Lipinski definition) is 0. The van der Waals surface area contributed by atoms with E-state index in [-0.39, 0.29) is 5.41 Å². The first-order valence-electron chi connectivity index (χ1n) is 11.5. The van der Waals surface area contributed by atoms with Crippen molar-refractivity contribution in [2.75, 3.05) is 0 Å². The Balaban J connectivity index is 1.85. The molecule has 1 aliphatic rings. The molecule has 1 heterocycles. The topological polar surface area (TPSA) is 3.88 Å². The molecule has 0 fully saturated rings. The molecule has 0 N–H and O–H groups in total. The Morgan fingerprint density at radius 3 is 2.13 bits per heavy atom. The zero-order chi connectivity index (χ0) is 21.9. The van der Waals surface area contributed by atoms with Crippen molar-refractivity contribution in [2.45, 2.75) is 58.9 Å². The van der Waals surface area contributed by atoms with Crippen molar-refractivity contribution >= 4 is 10.9 Å². The van der Waals surface area contributed by atoms with Gasteiger partial charge in [-0.1, -0.05) is 64.1 Å². The molecule has 0 spiro atoms. The first kappa shape index (κ1) is 20.0. The summed E-state index contributed by atoms with van der Waals surface area (Å²) in [7, 11) is 0. The number of para-hydroxylation sites is 1. The number of aromatic nitrogens is 1. The average molecular weight is 407 g/mol. The van der Waals surface area contributed by atoms with Gasteiger partial charge in [0.2, 0.25) is 11.2 Å². The van der Waals surface area contributed by atoms with Gasteiger partial charge in [0.1, 0.15) is 0 Å². The first-order chi connectivity index (χ1) is 14.8. The van der Waals surface area contributed by atoms with Crippen molar-refractivity contribution in [2.24, 2.45) is 0 Å². The Morgan fingerprint density at radius 1 is 0.677 bits per heavy atom. The summed E-state index contributed by atoms with van der Waals surface area (Å²) < 4.78 is 2.51. The molecular weight excluding hydrogens is 374 g/mol. The van der Waals surface area contributed by atoms with Crippen LogP contribution in [0, 0.1) is 0 Å². The monoisotopic (exact) mass is 406 g/mol. The van der Waals surface area contributed by atoms with E-state index in [1.807, 2.05) is 0 Å². The van der Waals surface area contributed by atoms with Gasteiger partial charge in [-0.15, -0.1) is 0 Å². The second kappa shape index (κ2) is 7.05. The summed E-state index contributed by atoms with van der Waals surface area (Å²) >= 11 is 0. The molecule has 0 saturated carbocycles. The molecule has 5 rings (SSSR count). The summed E-state index contributed by atoms with van der Waals surface area (Å²) in [5.74, 6) is 0.447. The maximum atomic E-state index is 2.51. The number of rotatable bonds is 3. The van der Waals surface area contributed by atoms with E-state index in [4.69, 9.17) is 0 Å². The molecule has 3 aromatic carbocycles. The third-order valence-electron chi connectivity index (χ3n) is 7.04. The lowest BCUT2D eigenvalue weighted by molar-refractivity contribution is -0.680. The minimum atomic E-state index is 0.00962. The molecule has 1 heteroatoms. The van der Waals surface area contributed by atoms with E-state index in [0.717, 1.165) is 0 Å². The summed E-state index contributed by atoms with van der Waals surface area (Å²) in [6.07, 6.45) is 0. The van der Waals surface area contributed by atoms with Crippen LogP contribution in [0.2, 0.25) is 0 Å². The van der Waals surface area contributed by atoms with Crippen molar-refractivity contribution in [1.82, 2.24) is 0 Å². The van der Waals surface area contributed by atoms with Gasteiger partial charge < -0.3 is 0 Å². The predicted molar refractivity (Wildman–Crippen MR) is 132 cm³/mol. The van der Waals surface area contributed by atoms with Crippen LogP contribution < -0.4 is 4.57 Å². The van der Waals surface area contributed by atoms with E-state index >= 15 is 0 Å². The molecule has 0 radical (unpaired) electrons. The highest BCUT2D eigenvalue weighted by molar-refractivity contribution is 5.85. The molecule has 0 bridgehead atoms. The second-order valence-corrected chi connectivity index (χ2v) is 10.1. The van der Waals surface area contributed by atoms with Gasteiger partial charge in [0.15, 0.2) is 6.04 Å². The third-order valence-corrected chi connectivity index (χ3v) is 7.04. The van der Waals surface area contributed by atoms with Gasteiger partial charge >= 0.3 is 0 Å². The smallest absolute Gasteiger partial charge is 0.189 e. The van der Waals surface area contributed by atoms with Gasteiger partial charge in [-0.05, 0) is 71.8 Å². The Hall–Kier alpha value is -2.93. The van der Waals surface area contributed by atoms with Crippen molar-refractivity contribution in [3.05, 3.63) is 89.5 Å². The van der Waals surface area contributed by atoms with Crippen molar-refractivity contribution in [3.8, 4) is 22.4 Å². The highest BCUT2D eigenvalue weighted by atomic mass is 15.0. The molecule has 1 nitrogen and oxygen atoms in total. The van der Waals surface area contributed by atoms with E-state index in [0.29, 0.717) is 12.0 Å². The standard InChI is InChI=1S/C30H32N/c1-19(2)23-17-24-22-12-8-9-13-26(22)30(5,6)27(24)18-25(23)29-16-15-21-11-7-10-14-28(21)31(29)20(3)4/h7-20H,1-6H3/q+1. The van der Waals surface area contributed by atoms with Crippen molar-refractivity contribution in [1.29, 1.82) is 0 Å². The molecule has 156 valence electrons. The summed E-state index contributed by atoms with van der Waals surface area (Å²) in [4.78, 5) is 0. The van der Waals surface area contributed by atoms with Crippen LogP contribution >= 0.6 is 0 Å². The van der Waals surface area contributed by atoms with Gasteiger partial charge in [0, 0.05) is 28.5 Å². The number of pyridine rings is 1. The maximum absolute atomic E-state index is 2.51. The lowest BCUT2D eigenvalue weighted by atomic mass is 9.80. The van der Waals surface area contributed by atoms with Crippen molar-refractivity contribution in [3.63, 3.8) is 0 Å². The number of fused-ring (bicyclic) bond motifs is 4. The lowest BCUT2D eigenvalue weighted by Gasteiger charge is -2.23. The number of hydrogen-bond acceptors (Lipinski definition) is 0. The normalized spacial score (nSPS) is 14.3. The minimum Gasteiger partial charge on any atom is -0.189 e. The van der Waals surface area contributed by atoms with Crippen LogP contribution in [-0.4, -0.2) is 0 Å². The molecule has 1 aromatic heterocycles. The molecular formula is C30H32N+. The maximum Gasteiger partial charge on any atom is 0.213 e. The van der Waals surface area contributed by atoms with Gasteiger partial charge in [-0.25, -0.2) is 0 Å². The zero-order valence-electron chi connectivity index (χ0n) is 19.5. The van der Waals surface area contributed by atoms with Gasteiger partial charge in [-0.3, -0.25) is 0 Å². The van der Waals surface area contributed by atoms with Crippen LogP contribution in [0.15, 0.2) is 72.8 Å². The fraction of sp³-hybridized carbons (Fsp3) is 0.300. The highest BCUT2D eigenvalue weighted by Gasteiger charge is 2.37. The van der Waals surface area contributed by atoms with E-state index in [2.05, 4.69) is 119 Å². The molecule has 0 saturated heterocycles. The summed E-state index contributed by atoms with van der Waals surface area (Å²) in [6.45, 7) is 14.0. The SMILES string of the molecule is CC(C)c1cc2c(cc1-c1ccc3ccccc3[n+]1C(C)C)C(C)(C)c1ccccc1-2. The van der Waals surface area contributed by atoms with Crippen LogP contribution in [0.25, 0.3) is 33.3 Å². The van der Waals surface area contributed by atoms with Gasteiger partial charge in [0.05, 0.1) is 0 Å². The molecule has 4 aromatic rings. The van der Waals surface area contributed by atoms with E-state index < -0.39 is 0 Å². The Morgan fingerprint density at radius 2 is 1.39 bits per heavy atom. The van der Waals surface area contributed by atoms with Crippen LogP contribution in [0.4, 0.5) is 0 Å². The zero-order valence-corrected chi connectivity index (χ0v) is 19.5. The molecule has 0 unspecified atom stereocenters. The Kier molecular flexibility index (Phi) is 4.55. The van der Waals surface area contributed by atoms with Gasteiger partial charge in [0.25, 0.3) is 0 Å². The predicted octanol–water partition coefficient (Wildman–Crippen LogP) is 7.80. The average Bonchev–Trinajstić information content (AvgIpc) is 2.98. The molecule has 1 aliphatic carbocycles. The van der Waals surface area contributed by atoms with E-state index in [9.17, 15) is 0 Å². The van der Waals surface area contributed by atoms with Crippen LogP contribution in [-0.2, 0) is 5.41 Å². The molecule has 31 heavy (non-hydrogen) atoms. The van der Waals surface area contributed by atoms with Crippen LogP contribution in [0.3, 0.4) is 0 Å². The minimum absolute atomic E-state index is 0.00962. The van der Waals surface area contributed by atoms with Gasteiger partial charge in [-0.2, -0.15) is 4.57 Å². The second-order valence-electron chi connectivity index (χ2n) is 10.1. The van der Waals surface area contributed by atoms with Crippen molar-refractivity contribution < 1.29 is 4.57 Å². The van der Waals surface area contributed by atoms with Crippen LogP contribution in [0.1, 0.15) is 70.2 Å². The van der Waals surface area contributed by atoms with E-state index in [1.54, 1.807) is 0 Å². The number of benzene rings is 3. The third kappa shape index (κ3) is 2.94. The first-order valence-corrected chi connectivity index (χ1v) is 11.5. The molecule has 0 aliphatic heterocycles. The number of nitrogens with zero attached hydrogens (tertiary/aromatic N) is 1. The Labute approximate surface area is 186 Å². The highest BCUT2D eigenvalue weighted by Crippen LogP contribution is 2.51. The quantitative estimate of drug-likeness (QED) is 0.306. The van der Waals surface area contributed by atoms with E-state index in [1.165, 1.54) is 50.0 Å². The summed E-state index contributed by atoms with van der Waals surface area (Å²) in [5.41, 5.74) is 11.1. The summed E-state index contributed by atoms with van der Waals surface area (Å²) in [6, 6.07) is 27.6. The fourth-order valence-electron chi connectivity index (χ4n) is 5.47. The molecule has 0 amide bonds.